The van der Waals surface area contributed by atoms with Gasteiger partial charge in [0.25, 0.3) is 0 Å². The van der Waals surface area contributed by atoms with E-state index in [0.717, 1.165) is 0 Å². The first kappa shape index (κ1) is 43.6. The van der Waals surface area contributed by atoms with E-state index < -0.39 is 7.82 Å². The predicted octanol–water partition coefficient (Wildman–Crippen LogP) is -3.36. The van der Waals surface area contributed by atoms with E-state index in [1.54, 1.807) is 0 Å². The van der Waals surface area contributed by atoms with E-state index >= 15 is 0 Å². The third kappa shape index (κ3) is 507. The van der Waals surface area contributed by atoms with E-state index in [4.69, 9.17) is 19.2 Å². The standard InChI is InChI=1S/3FH.Li.H3O4P.V.H/c;;;;1-5(2,3)4;;/h3*1H;;(H3,1,2,3,4);;/q;;;+1;;;-1. The molecule has 0 heterocycles. The van der Waals surface area contributed by atoms with Crippen LogP contribution in [0.1, 0.15) is 1.43 Å². The van der Waals surface area contributed by atoms with Gasteiger partial charge in [-0.05, 0) is 0 Å². The predicted molar refractivity (Wildman–Crippen MR) is 22.9 cm³/mol. The molecule has 0 atom stereocenters. The van der Waals surface area contributed by atoms with Crippen LogP contribution in [-0.2, 0) is 23.1 Å². The normalized spacial score (nSPS) is 5.90. The molecule has 4 nitrogen and oxygen atoms in total. The Morgan fingerprint density at radius 3 is 1.00 bits per heavy atom. The Hall–Kier alpha value is 1.08. The van der Waals surface area contributed by atoms with Crippen molar-refractivity contribution in [3.63, 3.8) is 0 Å². The summed E-state index contributed by atoms with van der Waals surface area (Å²) in [5, 5.41) is 0. The van der Waals surface area contributed by atoms with Crippen molar-refractivity contribution < 1.29 is 72.2 Å². The first-order chi connectivity index (χ1) is 2.00. The Labute approximate surface area is 80.3 Å². The van der Waals surface area contributed by atoms with Crippen LogP contribution in [0.4, 0.5) is 14.1 Å². The van der Waals surface area contributed by atoms with Crippen LogP contribution in [-0.4, -0.2) is 14.7 Å². The van der Waals surface area contributed by atoms with Crippen molar-refractivity contribution in [3.8, 4) is 0 Å². The average molecular weight is 217 g/mol. The first-order valence-corrected chi connectivity index (χ1v) is 2.35. The second kappa shape index (κ2) is 16.6. The molecule has 0 aliphatic heterocycles. The number of rotatable bonds is 0. The van der Waals surface area contributed by atoms with Crippen LogP contribution in [0.5, 0.6) is 0 Å². The molecule has 0 aliphatic carbocycles. The topological polar surface area (TPSA) is 77.8 Å². The van der Waals surface area contributed by atoms with Gasteiger partial charge in [0.2, 0.25) is 0 Å². The summed E-state index contributed by atoms with van der Waals surface area (Å²) in [6, 6.07) is 0. The summed E-state index contributed by atoms with van der Waals surface area (Å²) in [5.41, 5.74) is 0. The van der Waals surface area contributed by atoms with Crippen LogP contribution in [0.15, 0.2) is 0 Å². The van der Waals surface area contributed by atoms with E-state index in [2.05, 4.69) is 0 Å². The summed E-state index contributed by atoms with van der Waals surface area (Å²) in [6.07, 6.45) is 0. The Kier molecular flexibility index (Phi) is 72.3. The van der Waals surface area contributed by atoms with Crippen molar-refractivity contribution in [3.05, 3.63) is 0 Å². The van der Waals surface area contributed by atoms with Gasteiger partial charge in [-0.15, -0.1) is 0 Å². The number of hydrogen-bond donors (Lipinski definition) is 3. The summed E-state index contributed by atoms with van der Waals surface area (Å²) in [7, 11) is -4.64. The van der Waals surface area contributed by atoms with Gasteiger partial charge in [0.1, 0.15) is 0 Å². The SMILES string of the molecule is F.F.F.O=P(O)(O)O.[H-].[Li+].[V]. The van der Waals surface area contributed by atoms with Gasteiger partial charge in [-0.2, -0.15) is 0 Å². The number of halogens is 3. The smallest absolute Gasteiger partial charge is 1.00 e. The molecule has 10 heavy (non-hydrogen) atoms. The molecule has 0 saturated carbocycles. The molecule has 0 rings (SSSR count). The van der Waals surface area contributed by atoms with Crippen molar-refractivity contribution in [1.82, 2.24) is 0 Å². The molecule has 0 aliphatic rings. The number of phosphoric acid groups is 1. The van der Waals surface area contributed by atoms with Crippen LogP contribution in [0.2, 0.25) is 0 Å². The molecule has 10 heteroatoms. The monoisotopic (exact) mass is 217 g/mol. The van der Waals surface area contributed by atoms with E-state index in [0.29, 0.717) is 0 Å². The summed E-state index contributed by atoms with van der Waals surface area (Å²) in [5.74, 6) is 0. The van der Waals surface area contributed by atoms with Gasteiger partial charge >= 0.3 is 26.7 Å². The molecule has 3 N–H and O–H groups in total. The molecular formula is H7F3LiO4PV. The van der Waals surface area contributed by atoms with E-state index in [1.807, 2.05) is 0 Å². The number of hydrogen-bond acceptors (Lipinski definition) is 1. The zero-order valence-electron chi connectivity index (χ0n) is 5.87. The fourth-order valence-electron chi connectivity index (χ4n) is 0. The second-order valence-electron chi connectivity index (χ2n) is 0.513. The van der Waals surface area contributed by atoms with Crippen LogP contribution >= 0.6 is 7.82 Å². The zero-order valence-corrected chi connectivity index (χ0v) is 7.16. The molecule has 0 spiro atoms. The van der Waals surface area contributed by atoms with Crippen molar-refractivity contribution in [2.75, 3.05) is 0 Å². The van der Waals surface area contributed by atoms with Gasteiger partial charge in [-0.25, -0.2) is 4.57 Å². The third-order valence-electron chi connectivity index (χ3n) is 0. The molecule has 0 amide bonds. The first-order valence-electron chi connectivity index (χ1n) is 0.783. The fraction of sp³-hybridized carbons (Fsp3) is 0. The van der Waals surface area contributed by atoms with E-state index in [9.17, 15) is 0 Å². The van der Waals surface area contributed by atoms with Crippen molar-refractivity contribution >= 4 is 7.82 Å². The molecule has 0 aromatic carbocycles. The van der Waals surface area contributed by atoms with Gasteiger partial charge in [0.15, 0.2) is 0 Å². The largest absolute Gasteiger partial charge is 1.00 e. The van der Waals surface area contributed by atoms with Crippen LogP contribution in [0, 0.1) is 0 Å². The molecule has 0 unspecified atom stereocenters. The molecule has 0 fully saturated rings. The van der Waals surface area contributed by atoms with Crippen molar-refractivity contribution in [2.24, 2.45) is 0 Å². The summed E-state index contributed by atoms with van der Waals surface area (Å²) in [6.45, 7) is 0. The Morgan fingerprint density at radius 1 is 1.00 bits per heavy atom. The minimum absolute atomic E-state index is 0. The zero-order chi connectivity index (χ0) is 4.50. The molecule has 0 bridgehead atoms. The molecule has 0 saturated heterocycles. The van der Waals surface area contributed by atoms with Gasteiger partial charge in [0.05, 0.1) is 0 Å². The second-order valence-corrected chi connectivity index (χ2v) is 1.54. The molecule has 1 radical (unpaired) electrons. The van der Waals surface area contributed by atoms with Gasteiger partial charge in [-0.3, -0.25) is 14.1 Å². The molecular weight excluding hydrogens is 210 g/mol. The van der Waals surface area contributed by atoms with Gasteiger partial charge < -0.3 is 16.1 Å². The summed E-state index contributed by atoms with van der Waals surface area (Å²) in [4.78, 5) is 21.6. The Balaban J connectivity index is -0.00000000533. The van der Waals surface area contributed by atoms with E-state index in [-0.39, 0.29) is 53.0 Å². The maximum absolute atomic E-state index is 8.88. The minimum atomic E-state index is -4.64. The fourth-order valence-corrected chi connectivity index (χ4v) is 0. The maximum Gasteiger partial charge on any atom is 1.00 e. The Morgan fingerprint density at radius 2 is 1.00 bits per heavy atom. The van der Waals surface area contributed by atoms with Crippen LogP contribution < -0.4 is 18.9 Å². The van der Waals surface area contributed by atoms with Crippen molar-refractivity contribution in [1.29, 1.82) is 0 Å². The van der Waals surface area contributed by atoms with Gasteiger partial charge in [0, 0.05) is 18.6 Å². The van der Waals surface area contributed by atoms with Crippen LogP contribution in [0.3, 0.4) is 0 Å². The minimum Gasteiger partial charge on any atom is -1.00 e. The molecule has 63 valence electrons. The average Bonchev–Trinajstić information content (AvgIpc) is 0.722. The third-order valence-corrected chi connectivity index (χ3v) is 0. The van der Waals surface area contributed by atoms with Crippen molar-refractivity contribution in [2.45, 2.75) is 0 Å². The maximum atomic E-state index is 8.88. The quantitative estimate of drug-likeness (QED) is 0.292. The Bertz CT molecular complexity index is 71.5. The molecule has 0 aromatic heterocycles. The summed E-state index contributed by atoms with van der Waals surface area (Å²) < 4.78 is 8.88. The van der Waals surface area contributed by atoms with E-state index in [1.165, 1.54) is 0 Å². The van der Waals surface area contributed by atoms with Crippen LogP contribution in [0.25, 0.3) is 0 Å². The molecule has 0 aromatic rings. The van der Waals surface area contributed by atoms with Gasteiger partial charge in [-0.1, -0.05) is 0 Å². The summed E-state index contributed by atoms with van der Waals surface area (Å²) >= 11 is 0.